The second-order valence-electron chi connectivity index (χ2n) is 15.7. The van der Waals surface area contributed by atoms with Crippen molar-refractivity contribution in [3.05, 3.63) is 47.5 Å². The van der Waals surface area contributed by atoms with E-state index in [0.717, 1.165) is 28.6 Å². The highest BCUT2D eigenvalue weighted by Crippen LogP contribution is 2.44. The predicted molar refractivity (Wildman–Crippen MR) is 238 cm³/mol. The Morgan fingerprint density at radius 1 is 0.441 bits per heavy atom. The molecule has 0 fully saturated rings. The summed E-state index contributed by atoms with van der Waals surface area (Å²) in [6.45, 7) is 10.8. The first kappa shape index (κ1) is 56.8. The number of phenolic OH excluding ortho intramolecular Hbond substituents is 4. The number of hydrogen-bond acceptors (Lipinski definition) is 10. The van der Waals surface area contributed by atoms with Crippen molar-refractivity contribution in [3.63, 3.8) is 0 Å². The van der Waals surface area contributed by atoms with Crippen LogP contribution in [0.4, 0.5) is 0 Å². The summed E-state index contributed by atoms with van der Waals surface area (Å²) in [6.07, 6.45) is 23.0. The van der Waals surface area contributed by atoms with E-state index in [1.807, 2.05) is 6.92 Å². The van der Waals surface area contributed by atoms with Gasteiger partial charge in [0.2, 0.25) is 0 Å². The third-order valence-corrected chi connectivity index (χ3v) is 11.6. The second kappa shape index (κ2) is 34.4. The topological polar surface area (TPSA) is 192 Å². The molecule has 0 aliphatic heterocycles. The van der Waals surface area contributed by atoms with E-state index in [2.05, 4.69) is 39.4 Å². The fourth-order valence-electron chi connectivity index (χ4n) is 5.86. The third kappa shape index (κ3) is 33.2. The minimum atomic E-state index is -4.07. The van der Waals surface area contributed by atoms with Crippen LogP contribution in [-0.4, -0.2) is 88.3 Å². The number of hydrogen-bond donors (Lipinski definition) is 6. The summed E-state index contributed by atoms with van der Waals surface area (Å²) < 4.78 is 43.8. The van der Waals surface area contributed by atoms with Gasteiger partial charge in [-0.05, 0) is 80.3 Å². The van der Waals surface area contributed by atoms with E-state index in [1.54, 1.807) is 12.1 Å². The first-order chi connectivity index (χ1) is 28.0. The lowest BCUT2D eigenvalue weighted by Crippen LogP contribution is -2.42. The van der Waals surface area contributed by atoms with Crippen LogP contribution in [0.2, 0.25) is 0 Å². The van der Waals surface area contributed by atoms with Crippen LogP contribution in [0.15, 0.2) is 36.4 Å². The molecule has 0 heterocycles. The molecule has 2 rings (SSSR count). The molecule has 2 aromatic carbocycles. The Kier molecular flexibility index (Phi) is 33.1. The van der Waals surface area contributed by atoms with Gasteiger partial charge in [0.1, 0.15) is 13.2 Å². The number of aromatic hydroxyl groups is 4. The van der Waals surface area contributed by atoms with Crippen LogP contribution < -0.4 is 0 Å². The van der Waals surface area contributed by atoms with Crippen LogP contribution in [0, 0.1) is 0 Å². The van der Waals surface area contributed by atoms with Gasteiger partial charge in [-0.2, -0.15) is 0 Å². The lowest BCUT2D eigenvalue weighted by molar-refractivity contribution is -0.890. The molecular formula is C44H82NO12P2+. The Hall–Kier alpha value is -2.18. The molecule has 0 aromatic heterocycles. The average Bonchev–Trinajstić information content (AvgIpc) is 3.18. The van der Waals surface area contributed by atoms with Gasteiger partial charge in [-0.25, -0.2) is 9.13 Å². The zero-order valence-electron chi connectivity index (χ0n) is 37.3. The van der Waals surface area contributed by atoms with E-state index in [4.69, 9.17) is 18.7 Å². The van der Waals surface area contributed by atoms with E-state index < -0.39 is 15.6 Å². The number of likely N-dealkylation sites (N-methyl/N-ethyl adjacent to an activating group) is 1. The monoisotopic (exact) mass is 879 g/mol. The zero-order chi connectivity index (χ0) is 44.4. The van der Waals surface area contributed by atoms with Crippen LogP contribution in [0.3, 0.4) is 0 Å². The van der Waals surface area contributed by atoms with E-state index in [0.29, 0.717) is 38.6 Å². The van der Waals surface area contributed by atoms with Gasteiger partial charge in [0.25, 0.3) is 0 Å². The maximum absolute atomic E-state index is 12.0. The highest BCUT2D eigenvalue weighted by Gasteiger charge is 2.23. The summed E-state index contributed by atoms with van der Waals surface area (Å²) in [4.78, 5) is 19.1. The Labute approximate surface area is 356 Å². The number of benzene rings is 2. The molecule has 344 valence electrons. The van der Waals surface area contributed by atoms with Gasteiger partial charge in [-0.15, -0.1) is 0 Å². The van der Waals surface area contributed by atoms with Gasteiger partial charge >= 0.3 is 15.6 Å². The fraction of sp³-hybridized carbons (Fsp3) is 0.727. The molecule has 15 heteroatoms. The normalized spacial score (nSPS) is 13.4. The van der Waals surface area contributed by atoms with Crippen molar-refractivity contribution in [2.75, 3.05) is 53.6 Å². The maximum Gasteiger partial charge on any atom is 0.472 e. The molecule has 0 radical (unpaired) electrons. The summed E-state index contributed by atoms with van der Waals surface area (Å²) in [5, 5.41) is 37.2. The van der Waals surface area contributed by atoms with Crippen LogP contribution in [0.1, 0.15) is 154 Å². The van der Waals surface area contributed by atoms with E-state index in [1.165, 1.54) is 114 Å². The van der Waals surface area contributed by atoms with Crippen molar-refractivity contribution < 1.29 is 61.9 Å². The minimum absolute atomic E-state index is 0.0753. The summed E-state index contributed by atoms with van der Waals surface area (Å²) in [6, 6.07) is 9.09. The molecule has 0 spiro atoms. The van der Waals surface area contributed by atoms with Crippen molar-refractivity contribution in [2.24, 2.45) is 0 Å². The largest absolute Gasteiger partial charge is 0.504 e. The quantitative estimate of drug-likeness (QED) is 0.0177. The van der Waals surface area contributed by atoms with Crippen LogP contribution in [0.5, 0.6) is 23.0 Å². The molecule has 0 aliphatic carbocycles. The average molecular weight is 879 g/mol. The number of quaternary nitrogens is 1. The summed E-state index contributed by atoms with van der Waals surface area (Å²) in [5.74, 6) is -0.704. The number of rotatable bonds is 32. The predicted octanol–water partition coefficient (Wildman–Crippen LogP) is 11.7. The number of phosphoric acid groups is 2. The standard InChI is InChI=1S/C23H42NO6P.C12H19O6P.C9H20/c1-4-5-6-7-8-9-10-11-16-24(2,3)17-19-30-31(27,28)29-18-12-13-21-14-15-22(25)23(26)20-21;1-2-7-17-19(15,16)18-8-3-4-10-5-6-11(13)12(14)9-10;1-3-5-7-9-8-6-4-2/h14-15,20H,4-13,16-19H2,1-3H3,(H2-,25,26,27,28);5-6,9,13-14H,2-4,7-8H2,1H3,(H,15,16);3-9H2,1-2H3/p+1. The van der Waals surface area contributed by atoms with Crippen molar-refractivity contribution in [2.45, 2.75) is 156 Å². The molecule has 2 aromatic rings. The number of nitrogens with zero attached hydrogens (tertiary/aromatic N) is 1. The second-order valence-corrected chi connectivity index (χ2v) is 18.7. The van der Waals surface area contributed by atoms with Gasteiger partial charge in [0.15, 0.2) is 23.0 Å². The van der Waals surface area contributed by atoms with Gasteiger partial charge in [-0.1, -0.05) is 123 Å². The number of phosphoric ester groups is 2. The minimum Gasteiger partial charge on any atom is -0.504 e. The van der Waals surface area contributed by atoms with Crippen LogP contribution in [0.25, 0.3) is 0 Å². The smallest absolute Gasteiger partial charge is 0.472 e. The fourth-order valence-corrected chi connectivity index (χ4v) is 7.46. The Bertz CT molecular complexity index is 1420. The maximum atomic E-state index is 12.0. The molecule has 0 bridgehead atoms. The molecule has 0 amide bonds. The van der Waals surface area contributed by atoms with Crippen LogP contribution in [-0.2, 0) is 40.1 Å². The highest BCUT2D eigenvalue weighted by atomic mass is 31.2. The third-order valence-electron chi connectivity index (χ3n) is 9.54. The Morgan fingerprint density at radius 2 is 0.797 bits per heavy atom. The van der Waals surface area contributed by atoms with Crippen LogP contribution >= 0.6 is 15.6 Å². The van der Waals surface area contributed by atoms with Gasteiger partial charge in [0.05, 0.1) is 40.5 Å². The molecule has 6 N–H and O–H groups in total. The van der Waals surface area contributed by atoms with Gasteiger partial charge < -0.3 is 34.7 Å². The molecule has 2 unspecified atom stereocenters. The molecule has 0 aliphatic rings. The SMILES string of the molecule is CCCCCCCCC.CCCCCCCCCC[N+](C)(C)CCOP(=O)(O)OCCCc1ccc(O)c(O)c1.CCCOP(=O)(O)OCCCc1ccc(O)c(O)c1. The van der Waals surface area contributed by atoms with E-state index >= 15 is 0 Å². The summed E-state index contributed by atoms with van der Waals surface area (Å²) in [5.41, 5.74) is 1.62. The van der Waals surface area contributed by atoms with E-state index in [9.17, 15) is 34.2 Å². The first-order valence-electron chi connectivity index (χ1n) is 22.1. The van der Waals surface area contributed by atoms with Crippen molar-refractivity contribution >= 4 is 15.6 Å². The van der Waals surface area contributed by atoms with Gasteiger partial charge in [0, 0.05) is 0 Å². The zero-order valence-corrected chi connectivity index (χ0v) is 39.1. The van der Waals surface area contributed by atoms with Crippen molar-refractivity contribution in [1.82, 2.24) is 0 Å². The molecule has 0 saturated carbocycles. The molecule has 0 saturated heterocycles. The lowest BCUT2D eigenvalue weighted by Gasteiger charge is -2.30. The molecule has 13 nitrogen and oxygen atoms in total. The first-order valence-corrected chi connectivity index (χ1v) is 25.1. The number of unbranched alkanes of at least 4 members (excludes halogenated alkanes) is 13. The molecule has 2 atom stereocenters. The molecule has 59 heavy (non-hydrogen) atoms. The van der Waals surface area contributed by atoms with Crippen molar-refractivity contribution in [3.8, 4) is 23.0 Å². The molecular weight excluding hydrogens is 796 g/mol. The lowest BCUT2D eigenvalue weighted by atomic mass is 10.1. The number of phenols is 4. The number of aryl methyl sites for hydroxylation is 2. The summed E-state index contributed by atoms with van der Waals surface area (Å²) >= 11 is 0. The Balaban J connectivity index is 0.00000101. The summed E-state index contributed by atoms with van der Waals surface area (Å²) in [7, 11) is -3.78. The Morgan fingerprint density at radius 3 is 1.17 bits per heavy atom. The van der Waals surface area contributed by atoms with E-state index in [-0.39, 0.29) is 49.4 Å². The van der Waals surface area contributed by atoms with Gasteiger partial charge in [-0.3, -0.25) is 18.1 Å². The van der Waals surface area contributed by atoms with Crippen molar-refractivity contribution in [1.29, 1.82) is 0 Å². The highest BCUT2D eigenvalue weighted by molar-refractivity contribution is 7.47.